The normalized spacial score (nSPS) is 17.0. The molecule has 1 amide bonds. The Morgan fingerprint density at radius 3 is 2.88 bits per heavy atom. The molecule has 1 saturated heterocycles. The Hall–Kier alpha value is -2.91. The quantitative estimate of drug-likeness (QED) is 0.858. The number of ether oxygens (including phenoxy) is 2. The molecule has 0 N–H and O–H groups in total. The molecular weight excluding hydrogens is 323 g/mol. The summed E-state index contributed by atoms with van der Waals surface area (Å²) in [5.74, 6) is 0.0222. The summed E-state index contributed by atoms with van der Waals surface area (Å²) in [6.45, 7) is 1.19. The monoisotopic (exact) mass is 340 g/mol. The fourth-order valence-corrected chi connectivity index (χ4v) is 2.65. The number of rotatable bonds is 4. The van der Waals surface area contributed by atoms with E-state index < -0.39 is 0 Å². The summed E-state index contributed by atoms with van der Waals surface area (Å²) in [6.07, 6.45) is -0.278. The second-order valence-electron chi connectivity index (χ2n) is 5.68. The Kier molecular flexibility index (Phi) is 5.26. The predicted octanol–water partition coefficient (Wildman–Crippen LogP) is 2.68. The molecular formula is C19H17FN2O3. The maximum absolute atomic E-state index is 13.0. The molecule has 3 rings (SSSR count). The molecule has 1 unspecified atom stereocenters. The molecule has 0 spiro atoms. The van der Waals surface area contributed by atoms with Crippen LogP contribution in [0.15, 0.2) is 48.5 Å². The SMILES string of the molecule is N#Cc1cccc(OCC(=O)N2CCOC(c3ccc(F)cc3)C2)c1. The number of hydrogen-bond acceptors (Lipinski definition) is 4. The summed E-state index contributed by atoms with van der Waals surface area (Å²) in [7, 11) is 0. The van der Waals surface area contributed by atoms with Gasteiger partial charge in [-0.3, -0.25) is 4.79 Å². The molecule has 25 heavy (non-hydrogen) atoms. The third kappa shape index (κ3) is 4.34. The summed E-state index contributed by atoms with van der Waals surface area (Å²) >= 11 is 0. The topological polar surface area (TPSA) is 62.6 Å². The van der Waals surface area contributed by atoms with E-state index in [4.69, 9.17) is 14.7 Å². The number of hydrogen-bond donors (Lipinski definition) is 0. The predicted molar refractivity (Wildman–Crippen MR) is 88.3 cm³/mol. The summed E-state index contributed by atoms with van der Waals surface area (Å²) in [4.78, 5) is 14.0. The van der Waals surface area contributed by atoms with Gasteiger partial charge in [-0.25, -0.2) is 4.39 Å². The van der Waals surface area contributed by atoms with Gasteiger partial charge in [-0.05, 0) is 35.9 Å². The summed E-state index contributed by atoms with van der Waals surface area (Å²) in [5.41, 5.74) is 1.31. The zero-order chi connectivity index (χ0) is 17.6. The van der Waals surface area contributed by atoms with E-state index in [0.29, 0.717) is 31.0 Å². The second kappa shape index (κ2) is 7.77. The highest BCUT2D eigenvalue weighted by Crippen LogP contribution is 2.22. The molecule has 0 radical (unpaired) electrons. The van der Waals surface area contributed by atoms with Crippen LogP contribution < -0.4 is 4.74 Å². The van der Waals surface area contributed by atoms with Crippen molar-refractivity contribution >= 4 is 5.91 Å². The molecule has 128 valence electrons. The molecule has 0 aromatic heterocycles. The Bertz CT molecular complexity index is 786. The maximum Gasteiger partial charge on any atom is 0.260 e. The van der Waals surface area contributed by atoms with Gasteiger partial charge in [-0.2, -0.15) is 5.26 Å². The van der Waals surface area contributed by atoms with E-state index in [1.165, 1.54) is 12.1 Å². The molecule has 5 nitrogen and oxygen atoms in total. The van der Waals surface area contributed by atoms with Crippen molar-refractivity contribution in [3.8, 4) is 11.8 Å². The summed E-state index contributed by atoms with van der Waals surface area (Å²) in [5, 5.41) is 8.88. The van der Waals surface area contributed by atoms with Crippen LogP contribution in [0.1, 0.15) is 17.2 Å². The first kappa shape index (κ1) is 16.9. The molecule has 6 heteroatoms. The van der Waals surface area contributed by atoms with E-state index in [2.05, 4.69) is 0 Å². The number of morpholine rings is 1. The minimum atomic E-state index is -0.305. The van der Waals surface area contributed by atoms with Crippen LogP contribution in [-0.2, 0) is 9.53 Å². The van der Waals surface area contributed by atoms with E-state index in [0.717, 1.165) is 5.56 Å². The lowest BCUT2D eigenvalue weighted by Crippen LogP contribution is -2.44. The number of benzene rings is 2. The van der Waals surface area contributed by atoms with E-state index in [-0.39, 0.29) is 24.4 Å². The van der Waals surface area contributed by atoms with Gasteiger partial charge in [0.05, 0.1) is 24.8 Å². The minimum Gasteiger partial charge on any atom is -0.484 e. The number of amides is 1. The lowest BCUT2D eigenvalue weighted by Gasteiger charge is -2.33. The average Bonchev–Trinajstić information content (AvgIpc) is 2.67. The number of nitriles is 1. The molecule has 0 aliphatic carbocycles. The van der Waals surface area contributed by atoms with E-state index in [1.807, 2.05) is 6.07 Å². The molecule has 1 fully saturated rings. The summed E-state index contributed by atoms with van der Waals surface area (Å²) in [6, 6.07) is 14.8. The van der Waals surface area contributed by atoms with Crippen LogP contribution in [-0.4, -0.2) is 37.1 Å². The Balaban J connectivity index is 1.58. The third-order valence-corrected chi connectivity index (χ3v) is 3.99. The highest BCUT2D eigenvalue weighted by atomic mass is 19.1. The Morgan fingerprint density at radius 1 is 1.32 bits per heavy atom. The van der Waals surface area contributed by atoms with Crippen LogP contribution in [0.2, 0.25) is 0 Å². The van der Waals surface area contributed by atoms with Crippen molar-refractivity contribution in [3.05, 3.63) is 65.5 Å². The van der Waals surface area contributed by atoms with Crippen LogP contribution in [0, 0.1) is 17.1 Å². The highest BCUT2D eigenvalue weighted by Gasteiger charge is 2.25. The number of carbonyl (C=O) groups excluding carboxylic acids is 1. The van der Waals surface area contributed by atoms with Crippen LogP contribution in [0.5, 0.6) is 5.75 Å². The first-order valence-corrected chi connectivity index (χ1v) is 7.93. The van der Waals surface area contributed by atoms with Gasteiger partial charge >= 0.3 is 0 Å². The van der Waals surface area contributed by atoms with Crippen molar-refractivity contribution in [2.24, 2.45) is 0 Å². The molecule has 1 atom stereocenters. The van der Waals surface area contributed by atoms with Crippen molar-refractivity contribution in [1.82, 2.24) is 4.90 Å². The largest absolute Gasteiger partial charge is 0.484 e. The number of nitrogens with zero attached hydrogens (tertiary/aromatic N) is 2. The van der Waals surface area contributed by atoms with Gasteiger partial charge in [0.2, 0.25) is 0 Å². The Labute approximate surface area is 145 Å². The lowest BCUT2D eigenvalue weighted by molar-refractivity contribution is -0.141. The standard InChI is InChI=1S/C19H17FN2O3/c20-16-6-4-15(5-7-16)18-12-22(8-9-24-18)19(23)13-25-17-3-1-2-14(10-17)11-21/h1-7,10,18H,8-9,12-13H2. The lowest BCUT2D eigenvalue weighted by atomic mass is 10.1. The molecule has 1 heterocycles. The zero-order valence-electron chi connectivity index (χ0n) is 13.5. The van der Waals surface area contributed by atoms with Crippen LogP contribution in [0.4, 0.5) is 4.39 Å². The molecule has 2 aromatic rings. The van der Waals surface area contributed by atoms with Crippen molar-refractivity contribution in [2.75, 3.05) is 26.3 Å². The summed E-state index contributed by atoms with van der Waals surface area (Å²) < 4.78 is 24.2. The van der Waals surface area contributed by atoms with Gasteiger partial charge in [-0.15, -0.1) is 0 Å². The molecule has 2 aromatic carbocycles. The van der Waals surface area contributed by atoms with Crippen molar-refractivity contribution in [3.63, 3.8) is 0 Å². The zero-order valence-corrected chi connectivity index (χ0v) is 13.5. The smallest absolute Gasteiger partial charge is 0.260 e. The first-order valence-electron chi connectivity index (χ1n) is 7.93. The van der Waals surface area contributed by atoms with Crippen LogP contribution >= 0.6 is 0 Å². The highest BCUT2D eigenvalue weighted by molar-refractivity contribution is 5.78. The van der Waals surface area contributed by atoms with Crippen LogP contribution in [0.3, 0.4) is 0 Å². The molecule has 0 saturated carbocycles. The average molecular weight is 340 g/mol. The maximum atomic E-state index is 13.0. The first-order chi connectivity index (χ1) is 12.2. The van der Waals surface area contributed by atoms with E-state index in [9.17, 15) is 9.18 Å². The number of carbonyl (C=O) groups is 1. The van der Waals surface area contributed by atoms with Gasteiger partial charge in [0.25, 0.3) is 5.91 Å². The van der Waals surface area contributed by atoms with Gasteiger partial charge < -0.3 is 14.4 Å². The van der Waals surface area contributed by atoms with Gasteiger partial charge in [0.15, 0.2) is 6.61 Å². The van der Waals surface area contributed by atoms with E-state index in [1.54, 1.807) is 41.3 Å². The van der Waals surface area contributed by atoms with Crippen LogP contribution in [0.25, 0.3) is 0 Å². The molecule has 0 bridgehead atoms. The molecule has 1 aliphatic rings. The van der Waals surface area contributed by atoms with Gasteiger partial charge in [0.1, 0.15) is 17.7 Å². The molecule has 1 aliphatic heterocycles. The Morgan fingerprint density at radius 2 is 2.12 bits per heavy atom. The fraction of sp³-hybridized carbons (Fsp3) is 0.263. The van der Waals surface area contributed by atoms with Gasteiger partial charge in [0, 0.05) is 6.54 Å². The second-order valence-corrected chi connectivity index (χ2v) is 5.68. The third-order valence-electron chi connectivity index (χ3n) is 3.99. The van der Waals surface area contributed by atoms with Crippen molar-refractivity contribution < 1.29 is 18.7 Å². The van der Waals surface area contributed by atoms with Crippen molar-refractivity contribution in [2.45, 2.75) is 6.10 Å². The fourth-order valence-electron chi connectivity index (χ4n) is 2.65. The van der Waals surface area contributed by atoms with Crippen molar-refractivity contribution in [1.29, 1.82) is 5.26 Å². The minimum absolute atomic E-state index is 0.106. The van der Waals surface area contributed by atoms with E-state index >= 15 is 0 Å². The number of halogens is 1. The van der Waals surface area contributed by atoms with Gasteiger partial charge in [-0.1, -0.05) is 18.2 Å².